The molecule has 0 spiro atoms. The first-order valence-electron chi connectivity index (χ1n) is 6.91. The van der Waals surface area contributed by atoms with Crippen LogP contribution in [0.3, 0.4) is 0 Å². The van der Waals surface area contributed by atoms with Crippen LogP contribution in [0.2, 0.25) is 0 Å². The summed E-state index contributed by atoms with van der Waals surface area (Å²) in [6, 6.07) is 13.5. The van der Waals surface area contributed by atoms with E-state index in [1.165, 1.54) is 0 Å². The molecule has 2 aromatic carbocycles. The molecule has 4 nitrogen and oxygen atoms in total. The number of hydrogen-bond acceptors (Lipinski definition) is 4. The minimum atomic E-state index is -0.0238. The molecule has 2 N–H and O–H groups in total. The Morgan fingerprint density at radius 3 is 2.52 bits per heavy atom. The first kappa shape index (κ1) is 15.4. The molecule has 1 atom stereocenters. The van der Waals surface area contributed by atoms with Crippen LogP contribution in [0.25, 0.3) is 0 Å². The van der Waals surface area contributed by atoms with Gasteiger partial charge in [0, 0.05) is 11.6 Å². The summed E-state index contributed by atoms with van der Waals surface area (Å²) in [5, 5.41) is 12.4. The van der Waals surface area contributed by atoms with Crippen molar-refractivity contribution in [2.24, 2.45) is 0 Å². The van der Waals surface area contributed by atoms with Gasteiger partial charge in [0.25, 0.3) is 0 Å². The lowest BCUT2D eigenvalue weighted by Gasteiger charge is -2.17. The molecule has 112 valence electrons. The third-order valence-corrected chi connectivity index (χ3v) is 3.45. The number of nitrogens with one attached hydrogen (secondary N) is 1. The molecule has 4 heteroatoms. The van der Waals surface area contributed by atoms with Gasteiger partial charge in [0.15, 0.2) is 11.5 Å². The largest absolute Gasteiger partial charge is 0.493 e. The topological polar surface area (TPSA) is 50.7 Å². The number of aliphatic hydroxyl groups excluding tert-OH is 1. The second-order valence-electron chi connectivity index (χ2n) is 4.79. The number of para-hydroxylation sites is 1. The van der Waals surface area contributed by atoms with Crippen LogP contribution in [0.15, 0.2) is 42.5 Å². The fourth-order valence-corrected chi connectivity index (χ4v) is 2.10. The molecular formula is C17H21NO3. The molecule has 0 heterocycles. The van der Waals surface area contributed by atoms with Gasteiger partial charge in [-0.2, -0.15) is 0 Å². The van der Waals surface area contributed by atoms with Crippen LogP contribution in [0.1, 0.15) is 24.1 Å². The lowest BCUT2D eigenvalue weighted by molar-refractivity contribution is 0.280. The minimum Gasteiger partial charge on any atom is -0.493 e. The summed E-state index contributed by atoms with van der Waals surface area (Å²) in [5.74, 6) is 2.02. The smallest absolute Gasteiger partial charge is 0.169 e. The zero-order valence-electron chi connectivity index (χ0n) is 12.6. The third-order valence-electron chi connectivity index (χ3n) is 3.45. The Hall–Kier alpha value is -2.04. The Balaban J connectivity index is 2.34. The number of ether oxygens (including phenoxy) is 2. The third kappa shape index (κ3) is 3.54. The van der Waals surface area contributed by atoms with Crippen LogP contribution in [-0.4, -0.2) is 19.3 Å². The fourth-order valence-electron chi connectivity index (χ4n) is 2.10. The van der Waals surface area contributed by atoms with E-state index >= 15 is 0 Å². The van der Waals surface area contributed by atoms with E-state index < -0.39 is 0 Å². The molecule has 0 aromatic heterocycles. The molecule has 0 aliphatic carbocycles. The van der Waals surface area contributed by atoms with Crippen molar-refractivity contribution in [1.29, 1.82) is 0 Å². The van der Waals surface area contributed by atoms with Crippen LogP contribution in [0.4, 0.5) is 0 Å². The molecular weight excluding hydrogens is 266 g/mol. The van der Waals surface area contributed by atoms with E-state index in [0.29, 0.717) is 11.5 Å². The first-order valence-corrected chi connectivity index (χ1v) is 6.91. The second kappa shape index (κ2) is 7.11. The lowest BCUT2D eigenvalue weighted by atomic mass is 10.1. The van der Waals surface area contributed by atoms with Gasteiger partial charge in [-0.1, -0.05) is 24.3 Å². The summed E-state index contributed by atoms with van der Waals surface area (Å²) < 4.78 is 11.3. The number of aliphatic hydroxyl groups is 1. The van der Waals surface area contributed by atoms with Crippen LogP contribution in [0.5, 0.6) is 17.2 Å². The zero-order chi connectivity index (χ0) is 15.2. The monoisotopic (exact) mass is 287 g/mol. The van der Waals surface area contributed by atoms with E-state index in [-0.39, 0.29) is 12.6 Å². The van der Waals surface area contributed by atoms with Crippen LogP contribution in [-0.2, 0) is 6.61 Å². The van der Waals surface area contributed by atoms with Crippen molar-refractivity contribution in [2.45, 2.75) is 19.6 Å². The van der Waals surface area contributed by atoms with E-state index in [1.54, 1.807) is 13.2 Å². The Morgan fingerprint density at radius 1 is 1.10 bits per heavy atom. The second-order valence-corrected chi connectivity index (χ2v) is 4.79. The molecule has 0 bridgehead atoms. The quantitative estimate of drug-likeness (QED) is 0.856. The molecule has 2 aromatic rings. The highest BCUT2D eigenvalue weighted by molar-refractivity contribution is 5.47. The van der Waals surface area contributed by atoms with Crippen molar-refractivity contribution in [1.82, 2.24) is 5.32 Å². The number of benzene rings is 2. The van der Waals surface area contributed by atoms with E-state index in [4.69, 9.17) is 9.47 Å². The molecule has 0 fully saturated rings. The van der Waals surface area contributed by atoms with Gasteiger partial charge in [0.05, 0.1) is 13.7 Å². The number of hydrogen-bond donors (Lipinski definition) is 2. The summed E-state index contributed by atoms with van der Waals surface area (Å²) in [6.45, 7) is 2.05. The summed E-state index contributed by atoms with van der Waals surface area (Å²) in [5.41, 5.74) is 1.87. The van der Waals surface area contributed by atoms with Gasteiger partial charge in [-0.3, -0.25) is 0 Å². The lowest BCUT2D eigenvalue weighted by Crippen LogP contribution is -2.13. The predicted molar refractivity (Wildman–Crippen MR) is 82.9 cm³/mol. The Morgan fingerprint density at radius 2 is 1.86 bits per heavy atom. The Labute approximate surface area is 125 Å². The summed E-state index contributed by atoms with van der Waals surface area (Å²) in [7, 11) is 3.50. The molecule has 0 aliphatic heterocycles. The van der Waals surface area contributed by atoms with Gasteiger partial charge >= 0.3 is 0 Å². The van der Waals surface area contributed by atoms with Gasteiger partial charge in [-0.25, -0.2) is 0 Å². The number of rotatable bonds is 6. The maximum absolute atomic E-state index is 9.18. The SMILES string of the molecule is CNC(C)c1ccccc1Oc1ccc(CO)cc1OC. The predicted octanol–water partition coefficient (Wildman–Crippen LogP) is 3.26. The average Bonchev–Trinajstić information content (AvgIpc) is 2.55. The van der Waals surface area contributed by atoms with Crippen molar-refractivity contribution in [3.8, 4) is 17.2 Å². The zero-order valence-corrected chi connectivity index (χ0v) is 12.6. The standard InChI is InChI=1S/C17H21NO3/c1-12(18-2)14-6-4-5-7-15(14)21-16-9-8-13(11-19)10-17(16)20-3/h4-10,12,18-19H,11H2,1-3H3. The first-order chi connectivity index (χ1) is 10.2. The Bertz CT molecular complexity index is 598. The van der Waals surface area contributed by atoms with E-state index in [1.807, 2.05) is 43.4 Å². The fraction of sp³-hybridized carbons (Fsp3) is 0.294. The molecule has 0 amide bonds. The highest BCUT2D eigenvalue weighted by atomic mass is 16.5. The normalized spacial score (nSPS) is 12.0. The van der Waals surface area contributed by atoms with E-state index in [9.17, 15) is 5.11 Å². The summed E-state index contributed by atoms with van der Waals surface area (Å²) in [6.07, 6.45) is 0. The van der Waals surface area contributed by atoms with Gasteiger partial charge in [0.2, 0.25) is 0 Å². The van der Waals surface area contributed by atoms with Gasteiger partial charge in [-0.15, -0.1) is 0 Å². The van der Waals surface area contributed by atoms with Crippen molar-refractivity contribution in [3.05, 3.63) is 53.6 Å². The highest BCUT2D eigenvalue weighted by Gasteiger charge is 2.12. The van der Waals surface area contributed by atoms with Crippen molar-refractivity contribution >= 4 is 0 Å². The molecule has 1 unspecified atom stereocenters. The van der Waals surface area contributed by atoms with Gasteiger partial charge in [-0.05, 0) is 37.7 Å². The molecule has 0 saturated carbocycles. The summed E-state index contributed by atoms with van der Waals surface area (Å²) >= 11 is 0. The van der Waals surface area contributed by atoms with E-state index in [2.05, 4.69) is 12.2 Å². The van der Waals surface area contributed by atoms with Crippen molar-refractivity contribution in [2.75, 3.05) is 14.2 Å². The summed E-state index contributed by atoms with van der Waals surface area (Å²) in [4.78, 5) is 0. The number of methoxy groups -OCH3 is 1. The van der Waals surface area contributed by atoms with Crippen molar-refractivity contribution in [3.63, 3.8) is 0 Å². The maximum Gasteiger partial charge on any atom is 0.169 e. The van der Waals surface area contributed by atoms with E-state index in [0.717, 1.165) is 16.9 Å². The molecule has 2 rings (SSSR count). The average molecular weight is 287 g/mol. The maximum atomic E-state index is 9.18. The molecule has 0 saturated heterocycles. The molecule has 0 radical (unpaired) electrons. The molecule has 0 aliphatic rings. The van der Waals surface area contributed by atoms with Crippen LogP contribution in [0, 0.1) is 0 Å². The van der Waals surface area contributed by atoms with Crippen LogP contribution < -0.4 is 14.8 Å². The van der Waals surface area contributed by atoms with Crippen LogP contribution >= 0.6 is 0 Å². The highest BCUT2D eigenvalue weighted by Crippen LogP contribution is 2.35. The van der Waals surface area contributed by atoms with Crippen molar-refractivity contribution < 1.29 is 14.6 Å². The minimum absolute atomic E-state index is 0.0238. The van der Waals surface area contributed by atoms with Gasteiger partial charge in [0.1, 0.15) is 5.75 Å². The molecule has 21 heavy (non-hydrogen) atoms. The van der Waals surface area contributed by atoms with Gasteiger partial charge < -0.3 is 19.9 Å². The Kier molecular flexibility index (Phi) is 5.20.